The summed E-state index contributed by atoms with van der Waals surface area (Å²) >= 11 is 12.6. The maximum absolute atomic E-state index is 11.9. The van der Waals surface area contributed by atoms with E-state index in [2.05, 4.69) is 17.0 Å². The van der Waals surface area contributed by atoms with Gasteiger partial charge in [0.15, 0.2) is 0 Å². The van der Waals surface area contributed by atoms with E-state index in [-0.39, 0.29) is 6.04 Å². The highest BCUT2D eigenvalue weighted by molar-refractivity contribution is 6.35. The Balaban J connectivity index is 2.09. The van der Waals surface area contributed by atoms with Gasteiger partial charge in [0, 0.05) is 29.8 Å². The van der Waals surface area contributed by atoms with E-state index in [1.54, 1.807) is 6.07 Å². The third kappa shape index (κ3) is 4.40. The summed E-state index contributed by atoms with van der Waals surface area (Å²) in [6.07, 6.45) is 2.54. The van der Waals surface area contributed by atoms with Crippen LogP contribution in [0.15, 0.2) is 42.5 Å². The minimum Gasteiger partial charge on any atom is -0.480 e. The first-order chi connectivity index (χ1) is 12.9. The molecule has 1 aliphatic heterocycles. The zero-order valence-corrected chi connectivity index (χ0v) is 17.0. The zero-order chi connectivity index (χ0) is 19.6. The van der Waals surface area contributed by atoms with E-state index in [1.807, 2.05) is 43.3 Å². The van der Waals surface area contributed by atoms with Crippen molar-refractivity contribution >= 4 is 34.9 Å². The molecule has 0 saturated carbocycles. The number of benzene rings is 2. The number of likely N-dealkylation sites (tertiary alicyclic amines) is 1. The molecule has 2 aromatic carbocycles. The molecule has 0 amide bonds. The summed E-state index contributed by atoms with van der Waals surface area (Å²) < 4.78 is 0. The number of hydrogen-bond donors (Lipinski definition) is 1. The fourth-order valence-corrected chi connectivity index (χ4v) is 4.27. The number of hydrogen-bond acceptors (Lipinski definition) is 3. The first kappa shape index (κ1) is 20.0. The van der Waals surface area contributed by atoms with Gasteiger partial charge in [-0.05, 0) is 54.8 Å². The van der Waals surface area contributed by atoms with Crippen LogP contribution < -0.4 is 4.90 Å². The Morgan fingerprint density at radius 3 is 2.44 bits per heavy atom. The standard InChI is InChI=1S/C21H24Cl2N2O2/c1-24(2)16-9-6-14(7-10-16)20(17-11-8-15(22)13-18(17)23)25-12-4-3-5-19(25)21(26)27/h6-11,13,19-20H,3-5,12H2,1-2H3,(H,26,27). The van der Waals surface area contributed by atoms with E-state index in [0.29, 0.717) is 16.5 Å². The topological polar surface area (TPSA) is 43.8 Å². The molecule has 2 aromatic rings. The predicted octanol–water partition coefficient (Wildman–Crippen LogP) is 5.09. The van der Waals surface area contributed by atoms with Gasteiger partial charge >= 0.3 is 5.97 Å². The molecule has 1 aliphatic rings. The van der Waals surface area contributed by atoms with Crippen molar-refractivity contribution in [2.45, 2.75) is 31.3 Å². The van der Waals surface area contributed by atoms with Gasteiger partial charge in [0.1, 0.15) is 6.04 Å². The largest absolute Gasteiger partial charge is 0.480 e. The molecular formula is C21H24Cl2N2O2. The van der Waals surface area contributed by atoms with Gasteiger partial charge in [-0.3, -0.25) is 9.69 Å². The van der Waals surface area contributed by atoms with Crippen molar-refractivity contribution in [3.63, 3.8) is 0 Å². The summed E-state index contributed by atoms with van der Waals surface area (Å²) in [5.74, 6) is -0.783. The van der Waals surface area contributed by atoms with Gasteiger partial charge in [-0.15, -0.1) is 0 Å². The fraction of sp³-hybridized carbons (Fsp3) is 0.381. The van der Waals surface area contributed by atoms with Gasteiger partial charge in [-0.1, -0.05) is 47.8 Å². The fourth-order valence-electron chi connectivity index (χ4n) is 3.76. The second-order valence-electron chi connectivity index (χ2n) is 7.14. The number of carbonyl (C=O) groups is 1. The Hall–Kier alpha value is -1.75. The molecule has 4 nitrogen and oxygen atoms in total. The van der Waals surface area contributed by atoms with Crippen LogP contribution in [0.3, 0.4) is 0 Å². The molecule has 2 unspecified atom stereocenters. The van der Waals surface area contributed by atoms with Gasteiger partial charge < -0.3 is 10.0 Å². The summed E-state index contributed by atoms with van der Waals surface area (Å²) in [5.41, 5.74) is 3.00. The van der Waals surface area contributed by atoms with Crippen molar-refractivity contribution in [3.8, 4) is 0 Å². The quantitative estimate of drug-likeness (QED) is 0.750. The molecule has 0 bridgehead atoms. The van der Waals surface area contributed by atoms with Crippen LogP contribution in [0.5, 0.6) is 0 Å². The Labute approximate surface area is 170 Å². The maximum atomic E-state index is 11.9. The zero-order valence-electron chi connectivity index (χ0n) is 15.5. The average molecular weight is 407 g/mol. The molecule has 0 spiro atoms. The van der Waals surface area contributed by atoms with Crippen LogP contribution in [-0.2, 0) is 4.79 Å². The van der Waals surface area contributed by atoms with E-state index in [4.69, 9.17) is 23.2 Å². The molecular weight excluding hydrogens is 383 g/mol. The van der Waals surface area contributed by atoms with E-state index in [1.165, 1.54) is 0 Å². The second-order valence-corrected chi connectivity index (χ2v) is 7.99. The number of halogens is 2. The number of rotatable bonds is 5. The van der Waals surface area contributed by atoms with Crippen LogP contribution in [-0.4, -0.2) is 42.7 Å². The van der Waals surface area contributed by atoms with E-state index in [9.17, 15) is 9.90 Å². The Morgan fingerprint density at radius 1 is 1.15 bits per heavy atom. The van der Waals surface area contributed by atoms with Crippen molar-refractivity contribution < 1.29 is 9.90 Å². The average Bonchev–Trinajstić information content (AvgIpc) is 2.64. The van der Waals surface area contributed by atoms with Crippen molar-refractivity contribution in [3.05, 3.63) is 63.6 Å². The number of carboxylic acids is 1. The first-order valence-corrected chi connectivity index (χ1v) is 9.85. The van der Waals surface area contributed by atoms with Crippen molar-refractivity contribution in [2.24, 2.45) is 0 Å². The van der Waals surface area contributed by atoms with Crippen LogP contribution in [0, 0.1) is 0 Å². The summed E-state index contributed by atoms with van der Waals surface area (Å²) in [6, 6.07) is 12.9. The normalized spacial score (nSPS) is 18.9. The molecule has 3 rings (SSSR count). The molecule has 6 heteroatoms. The van der Waals surface area contributed by atoms with Crippen LogP contribution in [0.2, 0.25) is 10.0 Å². The Morgan fingerprint density at radius 2 is 1.85 bits per heavy atom. The van der Waals surface area contributed by atoms with Crippen LogP contribution >= 0.6 is 23.2 Å². The third-order valence-corrected chi connectivity index (χ3v) is 5.71. The number of aliphatic carboxylic acids is 1. The number of piperidine rings is 1. The highest BCUT2D eigenvalue weighted by atomic mass is 35.5. The van der Waals surface area contributed by atoms with Crippen molar-refractivity contribution in [1.29, 1.82) is 0 Å². The molecule has 144 valence electrons. The molecule has 0 aliphatic carbocycles. The van der Waals surface area contributed by atoms with E-state index in [0.717, 1.165) is 36.2 Å². The summed E-state index contributed by atoms with van der Waals surface area (Å²) in [5, 5.41) is 10.9. The summed E-state index contributed by atoms with van der Waals surface area (Å²) in [6.45, 7) is 0.718. The minimum atomic E-state index is -0.783. The molecule has 0 radical (unpaired) electrons. The smallest absolute Gasteiger partial charge is 0.320 e. The van der Waals surface area contributed by atoms with Gasteiger partial charge in [0.05, 0.1) is 6.04 Å². The number of nitrogens with zero attached hydrogens (tertiary/aromatic N) is 2. The SMILES string of the molecule is CN(C)c1ccc(C(c2ccc(Cl)cc2Cl)N2CCCCC2C(=O)O)cc1. The van der Waals surface area contributed by atoms with Crippen LogP contribution in [0.1, 0.15) is 36.4 Å². The Bertz CT molecular complexity index is 808. The van der Waals surface area contributed by atoms with Gasteiger partial charge in [0.2, 0.25) is 0 Å². The highest BCUT2D eigenvalue weighted by Gasteiger charge is 2.35. The van der Waals surface area contributed by atoms with Gasteiger partial charge in [-0.2, -0.15) is 0 Å². The summed E-state index contributed by atoms with van der Waals surface area (Å²) in [7, 11) is 3.99. The highest BCUT2D eigenvalue weighted by Crippen LogP contribution is 2.38. The third-order valence-electron chi connectivity index (χ3n) is 5.14. The second kappa shape index (κ2) is 8.51. The molecule has 1 saturated heterocycles. The molecule has 1 heterocycles. The lowest BCUT2D eigenvalue weighted by atomic mass is 9.91. The first-order valence-electron chi connectivity index (χ1n) is 9.09. The number of anilines is 1. The molecule has 1 fully saturated rings. The lowest BCUT2D eigenvalue weighted by molar-refractivity contribution is -0.145. The Kier molecular flexibility index (Phi) is 6.30. The summed E-state index contributed by atoms with van der Waals surface area (Å²) in [4.78, 5) is 16.0. The van der Waals surface area contributed by atoms with Gasteiger partial charge in [-0.25, -0.2) is 0 Å². The lowest BCUT2D eigenvalue weighted by Crippen LogP contribution is -2.46. The van der Waals surface area contributed by atoms with Crippen molar-refractivity contribution in [2.75, 3.05) is 25.5 Å². The van der Waals surface area contributed by atoms with Crippen molar-refractivity contribution in [1.82, 2.24) is 4.90 Å². The molecule has 2 atom stereocenters. The minimum absolute atomic E-state index is 0.229. The molecule has 27 heavy (non-hydrogen) atoms. The van der Waals surface area contributed by atoms with Gasteiger partial charge in [0.25, 0.3) is 0 Å². The van der Waals surface area contributed by atoms with E-state index >= 15 is 0 Å². The number of carboxylic acid groups (broad SMARTS) is 1. The predicted molar refractivity (Wildman–Crippen MR) is 111 cm³/mol. The molecule has 0 aromatic heterocycles. The van der Waals surface area contributed by atoms with Crippen LogP contribution in [0.4, 0.5) is 5.69 Å². The maximum Gasteiger partial charge on any atom is 0.320 e. The van der Waals surface area contributed by atoms with E-state index < -0.39 is 12.0 Å². The monoisotopic (exact) mass is 406 g/mol. The van der Waals surface area contributed by atoms with Crippen LogP contribution in [0.25, 0.3) is 0 Å². The lowest BCUT2D eigenvalue weighted by Gasteiger charge is -2.40. The molecule has 1 N–H and O–H groups in total.